The van der Waals surface area contributed by atoms with Gasteiger partial charge in [0.25, 0.3) is 9.52 Å². The number of rotatable bonds is 0. The summed E-state index contributed by atoms with van der Waals surface area (Å²) in [6, 6.07) is 10.9. The van der Waals surface area contributed by atoms with E-state index in [1.54, 1.807) is 18.2 Å². The predicted molar refractivity (Wildman–Crippen MR) is 88.6 cm³/mol. The first-order valence-corrected chi connectivity index (χ1v) is 8.38. The number of allylic oxidation sites excluding steroid dienone is 1. The molecule has 0 unspecified atom stereocenters. The van der Waals surface area contributed by atoms with Gasteiger partial charge >= 0.3 is 5.80 Å². The van der Waals surface area contributed by atoms with E-state index in [9.17, 15) is 17.6 Å². The molecule has 2 aromatic rings. The standard InChI is InChI=1S/C19H9F4NOSi/c20-14-2-4-17-16(5-7-24)15-3-1-12(6-8-26-19(21,22)23)9-13(15)11-25-18(17)10-14/h1-5,9-10H,11H2. The summed E-state index contributed by atoms with van der Waals surface area (Å²) in [6.45, 7) is 0.0889. The van der Waals surface area contributed by atoms with E-state index in [2.05, 4.69) is 11.5 Å². The predicted octanol–water partition coefficient (Wildman–Crippen LogP) is 4.21. The van der Waals surface area contributed by atoms with Crippen molar-refractivity contribution in [1.29, 1.82) is 5.26 Å². The maximum absolute atomic E-state index is 13.5. The molecule has 128 valence electrons. The summed E-state index contributed by atoms with van der Waals surface area (Å²) >= 11 is 0. The molecule has 0 saturated heterocycles. The van der Waals surface area contributed by atoms with Crippen molar-refractivity contribution < 1.29 is 22.3 Å². The van der Waals surface area contributed by atoms with Gasteiger partial charge in [-0.25, -0.2) is 4.39 Å². The van der Waals surface area contributed by atoms with E-state index in [0.29, 0.717) is 33.6 Å². The highest BCUT2D eigenvalue weighted by Gasteiger charge is 2.27. The van der Waals surface area contributed by atoms with Crippen molar-refractivity contribution in [1.82, 2.24) is 0 Å². The number of hydrogen-bond donors (Lipinski definition) is 0. The Hall–Kier alpha value is -3.03. The Labute approximate surface area is 149 Å². The van der Waals surface area contributed by atoms with Gasteiger partial charge in [-0.3, -0.25) is 0 Å². The van der Waals surface area contributed by atoms with Crippen molar-refractivity contribution in [3.8, 4) is 23.3 Å². The van der Waals surface area contributed by atoms with Crippen LogP contribution in [-0.4, -0.2) is 15.3 Å². The van der Waals surface area contributed by atoms with Crippen molar-refractivity contribution in [2.75, 3.05) is 0 Å². The van der Waals surface area contributed by atoms with Crippen LogP contribution in [0.3, 0.4) is 0 Å². The second kappa shape index (κ2) is 7.07. The molecule has 2 nitrogen and oxygen atoms in total. The molecule has 0 aromatic heterocycles. The topological polar surface area (TPSA) is 33.0 Å². The molecule has 1 aliphatic heterocycles. The smallest absolute Gasteiger partial charge is 0.372 e. The zero-order chi connectivity index (χ0) is 18.7. The maximum Gasteiger partial charge on any atom is 0.372 e. The number of benzene rings is 2. The molecule has 2 aromatic carbocycles. The Balaban J connectivity index is 2.03. The van der Waals surface area contributed by atoms with Crippen LogP contribution in [0.5, 0.6) is 5.75 Å². The number of nitriles is 1. The summed E-state index contributed by atoms with van der Waals surface area (Å²) in [4.78, 5) is 0. The molecule has 0 N–H and O–H groups in total. The van der Waals surface area contributed by atoms with Crippen LogP contribution in [0.2, 0.25) is 0 Å². The number of fused-ring (bicyclic) bond motifs is 2. The van der Waals surface area contributed by atoms with Crippen molar-refractivity contribution in [2.45, 2.75) is 12.4 Å². The van der Waals surface area contributed by atoms with Crippen LogP contribution < -0.4 is 4.74 Å². The minimum atomic E-state index is -4.31. The fraction of sp³-hybridized carbons (Fsp3) is 0.105. The molecule has 0 atom stereocenters. The van der Waals surface area contributed by atoms with Crippen molar-refractivity contribution >= 4 is 15.1 Å². The second-order valence-corrected chi connectivity index (χ2v) is 6.43. The van der Waals surface area contributed by atoms with Gasteiger partial charge < -0.3 is 4.74 Å². The van der Waals surface area contributed by atoms with E-state index in [1.165, 1.54) is 24.3 Å². The van der Waals surface area contributed by atoms with Crippen molar-refractivity contribution in [3.05, 3.63) is 70.5 Å². The molecule has 0 bridgehead atoms. The average Bonchev–Trinajstić information content (AvgIpc) is 2.71. The molecule has 26 heavy (non-hydrogen) atoms. The third-order valence-electron chi connectivity index (χ3n) is 3.63. The lowest BCUT2D eigenvalue weighted by Crippen LogP contribution is -2.16. The third-order valence-corrected chi connectivity index (χ3v) is 4.17. The minimum absolute atomic E-state index is 0.0889. The van der Waals surface area contributed by atoms with Gasteiger partial charge in [-0.1, -0.05) is 12.0 Å². The van der Waals surface area contributed by atoms with Crippen LogP contribution in [-0.2, 0) is 6.61 Å². The number of hydrogen-bond acceptors (Lipinski definition) is 2. The Bertz CT molecular complexity index is 993. The van der Waals surface area contributed by atoms with Crippen LogP contribution in [0.4, 0.5) is 17.6 Å². The summed E-state index contributed by atoms with van der Waals surface area (Å²) in [5, 5.41) is 9.09. The van der Waals surface area contributed by atoms with Crippen LogP contribution in [0.1, 0.15) is 22.3 Å². The Morgan fingerprint density at radius 3 is 2.62 bits per heavy atom. The lowest BCUT2D eigenvalue weighted by atomic mass is 9.93. The average molecular weight is 371 g/mol. The quantitative estimate of drug-likeness (QED) is 0.301. The molecule has 0 amide bonds. The molecule has 7 heteroatoms. The monoisotopic (exact) mass is 371 g/mol. The summed E-state index contributed by atoms with van der Waals surface area (Å²) < 4.78 is 55.8. The number of ether oxygens (including phenoxy) is 1. The molecule has 0 spiro atoms. The van der Waals surface area contributed by atoms with Crippen LogP contribution in [0.25, 0.3) is 5.57 Å². The second-order valence-electron chi connectivity index (χ2n) is 5.36. The SMILES string of the molecule is N#CC=C1c2ccc(C#C[Si]C(F)(F)F)cc2COc2cc(F)ccc21. The van der Waals surface area contributed by atoms with E-state index in [4.69, 9.17) is 10.00 Å². The first kappa shape index (κ1) is 17.8. The highest BCUT2D eigenvalue weighted by Crippen LogP contribution is 2.37. The van der Waals surface area contributed by atoms with E-state index >= 15 is 0 Å². The van der Waals surface area contributed by atoms with E-state index in [-0.39, 0.29) is 6.61 Å². The van der Waals surface area contributed by atoms with E-state index in [1.807, 2.05) is 6.07 Å². The molecule has 0 fully saturated rings. The zero-order valence-electron chi connectivity index (χ0n) is 13.1. The van der Waals surface area contributed by atoms with Crippen LogP contribution in [0, 0.1) is 28.6 Å². The van der Waals surface area contributed by atoms with Gasteiger partial charge in [-0.05, 0) is 35.4 Å². The molecular formula is C19H9F4NOSi. The highest BCUT2D eigenvalue weighted by atomic mass is 28.2. The van der Waals surface area contributed by atoms with E-state index in [0.717, 1.165) is 0 Å². The fourth-order valence-electron chi connectivity index (χ4n) is 2.59. The maximum atomic E-state index is 13.5. The van der Waals surface area contributed by atoms with Gasteiger partial charge in [0, 0.05) is 28.8 Å². The number of nitrogens with zero attached hydrogens (tertiary/aromatic N) is 1. The third kappa shape index (κ3) is 3.96. The van der Waals surface area contributed by atoms with Gasteiger partial charge in [-0.15, -0.1) is 5.54 Å². The molecule has 1 heterocycles. The molecule has 3 rings (SSSR count). The normalized spacial score (nSPS) is 14.2. The van der Waals surface area contributed by atoms with Crippen LogP contribution >= 0.6 is 0 Å². The Morgan fingerprint density at radius 1 is 1.12 bits per heavy atom. The lowest BCUT2D eigenvalue weighted by Gasteiger charge is -2.09. The number of alkyl halides is 3. The Morgan fingerprint density at radius 2 is 1.88 bits per heavy atom. The lowest BCUT2D eigenvalue weighted by molar-refractivity contribution is -0.0454. The van der Waals surface area contributed by atoms with Gasteiger partial charge in [-0.2, -0.15) is 18.4 Å². The van der Waals surface area contributed by atoms with Gasteiger partial charge in [0.05, 0.1) is 6.07 Å². The number of halogens is 4. The molecule has 0 aliphatic carbocycles. The van der Waals surface area contributed by atoms with Crippen molar-refractivity contribution in [2.24, 2.45) is 0 Å². The fourth-order valence-corrected chi connectivity index (χ4v) is 2.94. The summed E-state index contributed by atoms with van der Waals surface area (Å²) in [6.07, 6.45) is 1.33. The largest absolute Gasteiger partial charge is 0.488 e. The summed E-state index contributed by atoms with van der Waals surface area (Å²) in [7, 11) is -1.45. The molecule has 0 saturated carbocycles. The molecular weight excluding hydrogens is 362 g/mol. The first-order chi connectivity index (χ1) is 12.4. The zero-order valence-corrected chi connectivity index (χ0v) is 14.1. The summed E-state index contributed by atoms with van der Waals surface area (Å²) in [5.74, 6) is -1.99. The minimum Gasteiger partial charge on any atom is -0.488 e. The van der Waals surface area contributed by atoms with Gasteiger partial charge in [0.15, 0.2) is 0 Å². The molecule has 1 aliphatic rings. The Kier molecular flexibility index (Phi) is 4.83. The summed E-state index contributed by atoms with van der Waals surface area (Å²) in [5.41, 5.74) is 5.02. The molecule has 2 radical (unpaired) electrons. The van der Waals surface area contributed by atoms with E-state index < -0.39 is 21.1 Å². The van der Waals surface area contributed by atoms with Gasteiger partial charge in [0.1, 0.15) is 18.2 Å². The van der Waals surface area contributed by atoms with Gasteiger partial charge in [0.2, 0.25) is 0 Å². The van der Waals surface area contributed by atoms with Crippen molar-refractivity contribution in [3.63, 3.8) is 0 Å². The highest BCUT2D eigenvalue weighted by molar-refractivity contribution is 6.48. The van der Waals surface area contributed by atoms with Crippen LogP contribution in [0.15, 0.2) is 42.5 Å². The first-order valence-electron chi connectivity index (χ1n) is 7.38.